The van der Waals surface area contributed by atoms with Gasteiger partial charge in [0.05, 0.1) is 4.99 Å². The molecule has 14 heavy (non-hydrogen) atoms. The van der Waals surface area contributed by atoms with Gasteiger partial charge < -0.3 is 10.6 Å². The number of hydrogen-bond donors (Lipinski definition) is 2. The lowest BCUT2D eigenvalue weighted by Gasteiger charge is -2.03. The van der Waals surface area contributed by atoms with E-state index in [-0.39, 0.29) is 11.9 Å². The molecule has 0 aromatic rings. The van der Waals surface area contributed by atoms with Crippen molar-refractivity contribution in [2.45, 2.75) is 40.7 Å². The van der Waals surface area contributed by atoms with E-state index in [0.29, 0.717) is 5.92 Å². The van der Waals surface area contributed by atoms with Crippen LogP contribution in [0.2, 0.25) is 0 Å². The molecule has 0 aromatic carbocycles. The van der Waals surface area contributed by atoms with Gasteiger partial charge in [0, 0.05) is 25.9 Å². The van der Waals surface area contributed by atoms with Gasteiger partial charge in [-0.2, -0.15) is 0 Å². The first-order chi connectivity index (χ1) is 6.31. The first-order valence-corrected chi connectivity index (χ1v) is 5.20. The van der Waals surface area contributed by atoms with Gasteiger partial charge >= 0.3 is 0 Å². The molecule has 2 N–H and O–H groups in total. The average Bonchev–Trinajstić information content (AvgIpc) is 2.01. The van der Waals surface area contributed by atoms with Crippen LogP contribution in [0.1, 0.15) is 34.6 Å². The molecule has 1 amide bonds. The number of hydrogen-bond acceptors (Lipinski definition) is 2. The number of rotatable bonds is 2. The van der Waals surface area contributed by atoms with Gasteiger partial charge in [-0.25, -0.2) is 0 Å². The van der Waals surface area contributed by atoms with E-state index in [0.717, 1.165) is 4.99 Å². The molecule has 0 saturated carbocycles. The molecule has 0 fully saturated rings. The maximum atomic E-state index is 10.1. The topological polar surface area (TPSA) is 41.1 Å². The third-order valence-electron chi connectivity index (χ3n) is 1.26. The molecule has 0 saturated heterocycles. The maximum absolute atomic E-state index is 10.1. The fourth-order valence-corrected chi connectivity index (χ4v) is 0.695. The summed E-state index contributed by atoms with van der Waals surface area (Å²) in [5.74, 6) is 0.523. The smallest absolute Gasteiger partial charge is 0.217 e. The molecule has 0 aliphatic carbocycles. The lowest BCUT2D eigenvalue weighted by Crippen LogP contribution is -2.27. The summed E-state index contributed by atoms with van der Waals surface area (Å²) >= 11 is 4.87. The minimum atomic E-state index is 0.0370. The minimum absolute atomic E-state index is 0.0370. The van der Waals surface area contributed by atoms with Crippen molar-refractivity contribution in [1.29, 1.82) is 0 Å². The van der Waals surface area contributed by atoms with Crippen molar-refractivity contribution in [3.8, 4) is 0 Å². The number of nitrogens with one attached hydrogen (secondary N) is 2. The highest BCUT2D eigenvalue weighted by Gasteiger charge is 1.95. The standard InChI is InChI=1S/C5H11NO.C5H11NS/c1-4(2)6-5(3)7;1-4(2)5(7)6-3/h2*4H,1-3H3,(H,6,7). The van der Waals surface area contributed by atoms with E-state index in [1.54, 1.807) is 0 Å². The van der Waals surface area contributed by atoms with E-state index in [4.69, 9.17) is 12.2 Å². The molecule has 0 aromatic heterocycles. The Bertz CT molecular complexity index is 179. The lowest BCUT2D eigenvalue weighted by atomic mass is 10.2. The van der Waals surface area contributed by atoms with Gasteiger partial charge in [0.15, 0.2) is 0 Å². The summed E-state index contributed by atoms with van der Waals surface area (Å²) in [6, 6.07) is 0.275. The Morgan fingerprint density at radius 3 is 1.64 bits per heavy atom. The Labute approximate surface area is 92.6 Å². The Balaban J connectivity index is 0. The van der Waals surface area contributed by atoms with Crippen LogP contribution in [0.5, 0.6) is 0 Å². The molecule has 84 valence electrons. The zero-order valence-corrected chi connectivity index (χ0v) is 10.8. The van der Waals surface area contributed by atoms with Crippen molar-refractivity contribution in [3.63, 3.8) is 0 Å². The van der Waals surface area contributed by atoms with E-state index >= 15 is 0 Å². The summed E-state index contributed by atoms with van der Waals surface area (Å²) in [7, 11) is 1.85. The molecular weight excluding hydrogens is 196 g/mol. The van der Waals surface area contributed by atoms with Crippen molar-refractivity contribution in [3.05, 3.63) is 0 Å². The molecule has 0 atom stereocenters. The molecule has 0 radical (unpaired) electrons. The summed E-state index contributed by atoms with van der Waals surface area (Å²) in [5, 5.41) is 5.56. The SMILES string of the molecule is CC(=O)NC(C)C.CNC(=S)C(C)C. The summed E-state index contributed by atoms with van der Waals surface area (Å²) in [6.07, 6.45) is 0. The van der Waals surface area contributed by atoms with Crippen molar-refractivity contribution in [1.82, 2.24) is 10.6 Å². The van der Waals surface area contributed by atoms with Crippen molar-refractivity contribution in [2.75, 3.05) is 7.05 Å². The summed E-state index contributed by atoms with van der Waals surface area (Å²) in [4.78, 5) is 11.1. The Hall–Kier alpha value is -0.640. The number of carbonyl (C=O) groups excluding carboxylic acids is 1. The van der Waals surface area contributed by atoms with Gasteiger partial charge in [-0.1, -0.05) is 26.1 Å². The van der Waals surface area contributed by atoms with Crippen molar-refractivity contribution in [2.24, 2.45) is 5.92 Å². The van der Waals surface area contributed by atoms with E-state index < -0.39 is 0 Å². The van der Waals surface area contributed by atoms with Crippen LogP contribution >= 0.6 is 12.2 Å². The molecular formula is C10H22N2OS. The van der Waals surface area contributed by atoms with Crippen LogP contribution in [0.4, 0.5) is 0 Å². The molecule has 0 unspecified atom stereocenters. The monoisotopic (exact) mass is 218 g/mol. The van der Waals surface area contributed by atoms with Gasteiger partial charge in [0.1, 0.15) is 0 Å². The largest absolute Gasteiger partial charge is 0.383 e. The zero-order chi connectivity index (χ0) is 11.7. The molecule has 0 bridgehead atoms. The van der Waals surface area contributed by atoms with Crippen molar-refractivity contribution >= 4 is 23.1 Å². The van der Waals surface area contributed by atoms with E-state index in [1.165, 1.54) is 6.92 Å². The fraction of sp³-hybridized carbons (Fsp3) is 0.800. The van der Waals surface area contributed by atoms with Crippen LogP contribution in [0.3, 0.4) is 0 Å². The average molecular weight is 218 g/mol. The highest BCUT2D eigenvalue weighted by atomic mass is 32.1. The molecule has 0 aliphatic rings. The molecule has 0 heterocycles. The van der Waals surface area contributed by atoms with Crippen LogP contribution < -0.4 is 10.6 Å². The number of thiocarbonyl (C=S) groups is 1. The van der Waals surface area contributed by atoms with Gasteiger partial charge in [0.25, 0.3) is 0 Å². The fourth-order valence-electron chi connectivity index (χ4n) is 0.695. The first kappa shape index (κ1) is 15.8. The second-order valence-electron chi connectivity index (χ2n) is 3.62. The maximum Gasteiger partial charge on any atom is 0.217 e. The lowest BCUT2D eigenvalue weighted by molar-refractivity contribution is -0.119. The number of amides is 1. The normalized spacial score (nSPS) is 9.14. The molecule has 0 spiro atoms. The minimum Gasteiger partial charge on any atom is -0.383 e. The predicted octanol–water partition coefficient (Wildman–Crippen LogP) is 1.72. The molecule has 0 rings (SSSR count). The summed E-state index contributed by atoms with van der Waals surface area (Å²) in [5.41, 5.74) is 0. The van der Waals surface area contributed by atoms with Crippen LogP contribution in [0.15, 0.2) is 0 Å². The quantitative estimate of drug-likeness (QED) is 0.693. The van der Waals surface area contributed by atoms with Crippen LogP contribution in [-0.4, -0.2) is 24.0 Å². The highest BCUT2D eigenvalue weighted by molar-refractivity contribution is 7.80. The van der Waals surface area contributed by atoms with Gasteiger partial charge in [-0.05, 0) is 13.8 Å². The molecule has 0 aliphatic heterocycles. The van der Waals surface area contributed by atoms with E-state index in [1.807, 2.05) is 20.9 Å². The second kappa shape index (κ2) is 8.94. The number of carbonyl (C=O) groups is 1. The highest BCUT2D eigenvalue weighted by Crippen LogP contribution is 1.90. The van der Waals surface area contributed by atoms with Crippen molar-refractivity contribution < 1.29 is 4.79 Å². The third kappa shape index (κ3) is 13.9. The molecule has 4 heteroatoms. The van der Waals surface area contributed by atoms with Gasteiger partial charge in [0.2, 0.25) is 5.91 Å². The van der Waals surface area contributed by atoms with Gasteiger partial charge in [-0.15, -0.1) is 0 Å². The predicted molar refractivity (Wildman–Crippen MR) is 65.4 cm³/mol. The Morgan fingerprint density at radius 1 is 1.21 bits per heavy atom. The summed E-state index contributed by atoms with van der Waals surface area (Å²) < 4.78 is 0. The third-order valence-corrected chi connectivity index (χ3v) is 1.94. The van der Waals surface area contributed by atoms with E-state index in [2.05, 4.69) is 24.5 Å². The Morgan fingerprint density at radius 2 is 1.64 bits per heavy atom. The Kier molecular flexibility index (Phi) is 10.1. The van der Waals surface area contributed by atoms with E-state index in [9.17, 15) is 4.79 Å². The molecule has 3 nitrogen and oxygen atoms in total. The van der Waals surface area contributed by atoms with Crippen LogP contribution in [-0.2, 0) is 4.79 Å². The van der Waals surface area contributed by atoms with Gasteiger partial charge in [-0.3, -0.25) is 4.79 Å². The van der Waals surface area contributed by atoms with Crippen LogP contribution in [0.25, 0.3) is 0 Å². The summed E-state index contributed by atoms with van der Waals surface area (Å²) in [6.45, 7) is 9.51. The second-order valence-corrected chi connectivity index (χ2v) is 4.06. The first-order valence-electron chi connectivity index (χ1n) is 4.79. The zero-order valence-electron chi connectivity index (χ0n) is 9.97. The van der Waals surface area contributed by atoms with Crippen LogP contribution in [0, 0.1) is 5.92 Å².